The highest BCUT2D eigenvalue weighted by Crippen LogP contribution is 2.08. The van der Waals surface area contributed by atoms with Gasteiger partial charge in [0.05, 0.1) is 18.0 Å². The molecular formula is C11H22N4O2. The molecular weight excluding hydrogens is 220 g/mol. The maximum absolute atomic E-state index is 5.54. The molecule has 0 atom stereocenters. The maximum Gasteiger partial charge on any atom is 0.0900 e. The number of nitrogens with two attached hydrogens (primary N) is 1. The summed E-state index contributed by atoms with van der Waals surface area (Å²) in [6.07, 6.45) is 1.67. The van der Waals surface area contributed by atoms with Crippen molar-refractivity contribution in [1.29, 1.82) is 0 Å². The van der Waals surface area contributed by atoms with Crippen molar-refractivity contribution in [2.24, 2.45) is 5.73 Å². The van der Waals surface area contributed by atoms with Crippen molar-refractivity contribution in [3.63, 3.8) is 0 Å². The quantitative estimate of drug-likeness (QED) is 0.632. The van der Waals surface area contributed by atoms with E-state index in [1.54, 1.807) is 7.11 Å². The Labute approximate surface area is 102 Å². The first-order valence-corrected chi connectivity index (χ1v) is 6.01. The van der Waals surface area contributed by atoms with Gasteiger partial charge < -0.3 is 15.2 Å². The Bertz CT molecular complexity index is 314. The zero-order valence-corrected chi connectivity index (χ0v) is 10.7. The van der Waals surface area contributed by atoms with Crippen LogP contribution < -0.4 is 5.73 Å². The minimum Gasteiger partial charge on any atom is -0.382 e. The summed E-state index contributed by atoms with van der Waals surface area (Å²) in [5.74, 6) is 0. The smallest absolute Gasteiger partial charge is 0.0900 e. The number of aryl methyl sites for hydroxylation is 1. The average molecular weight is 242 g/mol. The predicted octanol–water partition coefficient (Wildman–Crippen LogP) is 0.352. The van der Waals surface area contributed by atoms with Gasteiger partial charge in [0.25, 0.3) is 0 Å². The first-order chi connectivity index (χ1) is 8.33. The fourth-order valence-corrected chi connectivity index (χ4v) is 1.63. The molecule has 0 bridgehead atoms. The second-order valence-electron chi connectivity index (χ2n) is 3.73. The van der Waals surface area contributed by atoms with Crippen LogP contribution in [0.25, 0.3) is 0 Å². The Kier molecular flexibility index (Phi) is 6.76. The summed E-state index contributed by atoms with van der Waals surface area (Å²) in [6, 6.07) is 0. The molecule has 0 saturated carbocycles. The van der Waals surface area contributed by atoms with Gasteiger partial charge >= 0.3 is 0 Å². The van der Waals surface area contributed by atoms with Gasteiger partial charge in [0.2, 0.25) is 0 Å². The van der Waals surface area contributed by atoms with E-state index in [-0.39, 0.29) is 0 Å². The highest BCUT2D eigenvalue weighted by atomic mass is 16.5. The monoisotopic (exact) mass is 242 g/mol. The molecule has 1 aromatic heterocycles. The molecule has 17 heavy (non-hydrogen) atoms. The van der Waals surface area contributed by atoms with E-state index in [4.69, 9.17) is 15.2 Å². The van der Waals surface area contributed by atoms with Crippen LogP contribution in [0.3, 0.4) is 0 Å². The summed E-state index contributed by atoms with van der Waals surface area (Å²) in [5, 5.41) is 8.26. The van der Waals surface area contributed by atoms with Crippen LogP contribution in [0.5, 0.6) is 0 Å². The van der Waals surface area contributed by atoms with Gasteiger partial charge in [0, 0.05) is 33.3 Å². The molecule has 6 heteroatoms. The van der Waals surface area contributed by atoms with Crippen LogP contribution in [0.15, 0.2) is 0 Å². The zero-order valence-electron chi connectivity index (χ0n) is 10.7. The van der Waals surface area contributed by atoms with Crippen LogP contribution in [0.4, 0.5) is 0 Å². The molecule has 0 aliphatic heterocycles. The number of methoxy groups -OCH3 is 1. The molecule has 1 aromatic rings. The first-order valence-electron chi connectivity index (χ1n) is 6.01. The van der Waals surface area contributed by atoms with Crippen LogP contribution in [0.1, 0.15) is 24.7 Å². The van der Waals surface area contributed by atoms with Crippen LogP contribution in [-0.2, 0) is 29.0 Å². The molecule has 0 aliphatic rings. The second kappa shape index (κ2) is 8.16. The number of aromatic nitrogens is 3. The van der Waals surface area contributed by atoms with Crippen molar-refractivity contribution in [2.45, 2.75) is 32.9 Å². The van der Waals surface area contributed by atoms with Gasteiger partial charge in [-0.1, -0.05) is 5.21 Å². The Hall–Kier alpha value is -0.980. The van der Waals surface area contributed by atoms with Crippen molar-refractivity contribution in [3.8, 4) is 0 Å². The summed E-state index contributed by atoms with van der Waals surface area (Å²) >= 11 is 0. The molecule has 0 aromatic carbocycles. The Morgan fingerprint density at radius 2 is 2.24 bits per heavy atom. The standard InChI is InChI=1S/C11H22N4O2/c1-3-17-8-4-7-15-11(9-16-2)10(5-6-12)13-14-15/h3-9,12H2,1-2H3. The van der Waals surface area contributed by atoms with Gasteiger partial charge in [0.1, 0.15) is 0 Å². The largest absolute Gasteiger partial charge is 0.382 e. The Balaban J connectivity index is 2.56. The van der Waals surface area contributed by atoms with Crippen LogP contribution in [0, 0.1) is 0 Å². The molecule has 0 amide bonds. The Morgan fingerprint density at radius 1 is 1.41 bits per heavy atom. The van der Waals surface area contributed by atoms with Gasteiger partial charge in [-0.2, -0.15) is 0 Å². The van der Waals surface area contributed by atoms with Gasteiger partial charge in [-0.15, -0.1) is 5.10 Å². The van der Waals surface area contributed by atoms with E-state index < -0.39 is 0 Å². The highest BCUT2D eigenvalue weighted by Gasteiger charge is 2.11. The van der Waals surface area contributed by atoms with Gasteiger partial charge in [-0.3, -0.25) is 0 Å². The molecule has 2 N–H and O–H groups in total. The summed E-state index contributed by atoms with van der Waals surface area (Å²) in [4.78, 5) is 0. The summed E-state index contributed by atoms with van der Waals surface area (Å²) in [7, 11) is 1.67. The van der Waals surface area contributed by atoms with Gasteiger partial charge in [-0.05, 0) is 19.9 Å². The van der Waals surface area contributed by atoms with Crippen molar-refractivity contribution >= 4 is 0 Å². The Morgan fingerprint density at radius 3 is 2.88 bits per heavy atom. The molecule has 0 radical (unpaired) electrons. The molecule has 0 fully saturated rings. The fraction of sp³-hybridized carbons (Fsp3) is 0.818. The summed E-state index contributed by atoms with van der Waals surface area (Å²) in [6.45, 7) is 5.39. The second-order valence-corrected chi connectivity index (χ2v) is 3.73. The van der Waals surface area contributed by atoms with Crippen molar-refractivity contribution < 1.29 is 9.47 Å². The number of hydrogen-bond donors (Lipinski definition) is 1. The zero-order chi connectivity index (χ0) is 12.5. The van der Waals surface area contributed by atoms with E-state index in [1.807, 2.05) is 11.6 Å². The van der Waals surface area contributed by atoms with E-state index in [9.17, 15) is 0 Å². The van der Waals surface area contributed by atoms with Crippen molar-refractivity contribution in [1.82, 2.24) is 15.0 Å². The van der Waals surface area contributed by atoms with Crippen LogP contribution in [0.2, 0.25) is 0 Å². The normalized spacial score (nSPS) is 11.0. The lowest BCUT2D eigenvalue weighted by molar-refractivity contribution is 0.138. The van der Waals surface area contributed by atoms with Gasteiger partial charge in [-0.25, -0.2) is 4.68 Å². The van der Waals surface area contributed by atoms with E-state index in [0.717, 1.165) is 44.0 Å². The molecule has 0 spiro atoms. The minimum absolute atomic E-state index is 0.525. The number of hydrogen-bond acceptors (Lipinski definition) is 5. The summed E-state index contributed by atoms with van der Waals surface area (Å²) in [5.41, 5.74) is 7.50. The van der Waals surface area contributed by atoms with Crippen molar-refractivity contribution in [3.05, 3.63) is 11.4 Å². The van der Waals surface area contributed by atoms with E-state index in [0.29, 0.717) is 13.2 Å². The lowest BCUT2D eigenvalue weighted by Gasteiger charge is -2.07. The number of rotatable bonds is 9. The SMILES string of the molecule is CCOCCCn1nnc(CCN)c1COC. The third kappa shape index (κ3) is 4.41. The molecule has 6 nitrogen and oxygen atoms in total. The highest BCUT2D eigenvalue weighted by molar-refractivity contribution is 5.09. The van der Waals surface area contributed by atoms with E-state index >= 15 is 0 Å². The number of nitrogens with zero attached hydrogens (tertiary/aromatic N) is 3. The minimum atomic E-state index is 0.525. The van der Waals surface area contributed by atoms with Gasteiger partial charge in [0.15, 0.2) is 0 Å². The average Bonchev–Trinajstić information content (AvgIpc) is 2.69. The van der Waals surface area contributed by atoms with E-state index in [1.165, 1.54) is 0 Å². The third-order valence-corrected chi connectivity index (χ3v) is 2.44. The lowest BCUT2D eigenvalue weighted by Crippen LogP contribution is -2.11. The number of ether oxygens (including phenoxy) is 2. The predicted molar refractivity (Wildman–Crippen MR) is 64.6 cm³/mol. The molecule has 1 rings (SSSR count). The summed E-state index contributed by atoms with van der Waals surface area (Å²) < 4.78 is 12.3. The van der Waals surface area contributed by atoms with Crippen LogP contribution >= 0.6 is 0 Å². The fourth-order valence-electron chi connectivity index (χ4n) is 1.63. The molecule has 0 unspecified atom stereocenters. The van der Waals surface area contributed by atoms with Crippen LogP contribution in [-0.4, -0.2) is 41.9 Å². The molecule has 0 aliphatic carbocycles. The molecule has 1 heterocycles. The topological polar surface area (TPSA) is 75.2 Å². The first kappa shape index (κ1) is 14.1. The third-order valence-electron chi connectivity index (χ3n) is 2.44. The van der Waals surface area contributed by atoms with E-state index in [2.05, 4.69) is 10.3 Å². The molecule has 0 saturated heterocycles. The van der Waals surface area contributed by atoms with Crippen molar-refractivity contribution in [2.75, 3.05) is 26.9 Å². The lowest BCUT2D eigenvalue weighted by atomic mass is 10.2. The molecule has 98 valence electrons. The maximum atomic E-state index is 5.54.